The van der Waals surface area contributed by atoms with Crippen molar-refractivity contribution in [3.8, 4) is 0 Å². The molecule has 0 atom stereocenters. The molecule has 0 heterocycles. The molecule has 0 unspecified atom stereocenters. The van der Waals surface area contributed by atoms with E-state index in [-0.39, 0.29) is 83.5 Å². The molecule has 0 rings (SSSR count). The van der Waals surface area contributed by atoms with Crippen LogP contribution in [0.1, 0.15) is 224 Å². The van der Waals surface area contributed by atoms with E-state index in [1.54, 1.807) is 0 Å². The Bertz CT molecular complexity index is 487. The molecule has 0 aromatic carbocycles. The molecule has 238 valence electrons. The summed E-state index contributed by atoms with van der Waals surface area (Å²) in [5.41, 5.74) is 0. The molecule has 0 aliphatic heterocycles. The molecule has 3 nitrogen and oxygen atoms in total. The maximum Gasteiger partial charge on any atom is 2.00 e. The molecule has 0 N–H and O–H groups in total. The van der Waals surface area contributed by atoms with Gasteiger partial charge in [0.05, 0.1) is 0 Å². The van der Waals surface area contributed by atoms with Gasteiger partial charge >= 0.3 is 79.2 Å². The summed E-state index contributed by atoms with van der Waals surface area (Å²) in [4.78, 5) is 23.8. The molecule has 0 aliphatic rings. The van der Waals surface area contributed by atoms with Crippen LogP contribution < -0.4 is 29.6 Å². The van der Waals surface area contributed by atoms with Gasteiger partial charge in [-0.3, -0.25) is 9.59 Å². The van der Waals surface area contributed by atoms with Crippen LogP contribution >= 0.6 is 0 Å². The summed E-state index contributed by atoms with van der Waals surface area (Å²) >= 11 is 0. The SMILES string of the molecule is CCCCCCCCCCCCCCCCCC(=O)OC(=O)CCCCCCCCCCCCCCCCC.[Ca+2].[H-].[H-].[H-].[Na+]. The summed E-state index contributed by atoms with van der Waals surface area (Å²) in [5, 5.41) is 0. The predicted molar refractivity (Wildman–Crippen MR) is 179 cm³/mol. The second-order valence-electron chi connectivity index (χ2n) is 12.2. The van der Waals surface area contributed by atoms with Gasteiger partial charge in [0.2, 0.25) is 0 Å². The minimum atomic E-state index is -0.323. The molecule has 0 aliphatic carbocycles. The summed E-state index contributed by atoms with van der Waals surface area (Å²) in [6.45, 7) is 4.55. The van der Waals surface area contributed by atoms with Gasteiger partial charge in [-0.25, -0.2) is 0 Å². The predicted octanol–water partition coefficient (Wildman–Crippen LogP) is 9.54. The molecule has 0 radical (unpaired) electrons. The van der Waals surface area contributed by atoms with Gasteiger partial charge in [-0.1, -0.05) is 194 Å². The van der Waals surface area contributed by atoms with Crippen molar-refractivity contribution in [2.24, 2.45) is 0 Å². The number of unbranched alkanes of at least 4 members (excludes halogenated alkanes) is 28. The molecule has 0 saturated carbocycles. The smallest absolute Gasteiger partial charge is 1.00 e. The summed E-state index contributed by atoms with van der Waals surface area (Å²) in [7, 11) is 0. The van der Waals surface area contributed by atoms with Gasteiger partial charge in [0, 0.05) is 12.8 Å². The second-order valence-corrected chi connectivity index (χ2v) is 12.2. The summed E-state index contributed by atoms with van der Waals surface area (Å²) in [6.07, 6.45) is 40.1. The average molecular weight is 617 g/mol. The first-order chi connectivity index (χ1) is 19.2. The Kier molecular flexibility index (Phi) is 47.3. The Morgan fingerprint density at radius 3 is 0.732 bits per heavy atom. The van der Waals surface area contributed by atoms with E-state index in [0.717, 1.165) is 25.7 Å². The molecule has 0 amide bonds. The second kappa shape index (κ2) is 41.4. The van der Waals surface area contributed by atoms with Crippen LogP contribution in [-0.2, 0) is 14.3 Å². The Hall–Kier alpha value is 1.40. The number of hydrogen-bond acceptors (Lipinski definition) is 3. The van der Waals surface area contributed by atoms with E-state index in [4.69, 9.17) is 4.74 Å². The molecule has 0 bridgehead atoms. The van der Waals surface area contributed by atoms with Gasteiger partial charge < -0.3 is 9.02 Å². The number of carbonyl (C=O) groups excluding carboxylic acids is 2. The molecule has 0 saturated heterocycles. The fourth-order valence-electron chi connectivity index (χ4n) is 5.51. The quantitative estimate of drug-likeness (QED) is 0.0327. The number of ether oxygens (including phenoxy) is 1. The van der Waals surface area contributed by atoms with Crippen molar-refractivity contribution in [1.82, 2.24) is 0 Å². The first kappa shape index (κ1) is 46.8. The zero-order chi connectivity index (χ0) is 28.5. The van der Waals surface area contributed by atoms with Crippen LogP contribution in [0.25, 0.3) is 0 Å². The number of esters is 2. The molecule has 0 fully saturated rings. The van der Waals surface area contributed by atoms with Crippen molar-refractivity contribution in [3.63, 3.8) is 0 Å². The van der Waals surface area contributed by atoms with Crippen molar-refractivity contribution in [2.45, 2.75) is 219 Å². The van der Waals surface area contributed by atoms with E-state index in [1.807, 2.05) is 0 Å². The van der Waals surface area contributed by atoms with Crippen LogP contribution in [0.2, 0.25) is 0 Å². The first-order valence-electron chi connectivity index (χ1n) is 17.9. The minimum absolute atomic E-state index is 0. The summed E-state index contributed by atoms with van der Waals surface area (Å²) in [6, 6.07) is 0. The van der Waals surface area contributed by atoms with Crippen molar-refractivity contribution >= 4 is 49.7 Å². The average Bonchev–Trinajstić information content (AvgIpc) is 2.93. The number of hydrogen-bond donors (Lipinski definition) is 0. The van der Waals surface area contributed by atoms with Gasteiger partial charge in [0.15, 0.2) is 0 Å². The van der Waals surface area contributed by atoms with Gasteiger partial charge in [-0.05, 0) is 12.8 Å². The Morgan fingerprint density at radius 2 is 0.537 bits per heavy atom. The maximum atomic E-state index is 11.9. The summed E-state index contributed by atoms with van der Waals surface area (Å²) < 4.78 is 5.01. The van der Waals surface area contributed by atoms with Gasteiger partial charge in [-0.2, -0.15) is 0 Å². The topological polar surface area (TPSA) is 43.4 Å². The van der Waals surface area contributed by atoms with Gasteiger partial charge in [0.25, 0.3) is 0 Å². The van der Waals surface area contributed by atoms with Crippen LogP contribution in [0.15, 0.2) is 0 Å². The standard InChI is InChI=1S/C36H70O3.Ca.Na.3H/c1-3-5-7-9-11-13-15-17-19-21-23-25-27-29-31-33-35(37)39-36(38)34-32-30-28-26-24-22-20-18-16-14-12-10-8-6-4-2;;;;;/h3-34H2,1-2H3;;;;;/q;+2;+1;3*-1. The molecule has 0 aromatic rings. The number of carbonyl (C=O) groups is 2. The Morgan fingerprint density at radius 1 is 0.366 bits per heavy atom. The van der Waals surface area contributed by atoms with E-state index in [2.05, 4.69) is 13.8 Å². The van der Waals surface area contributed by atoms with Gasteiger partial charge in [-0.15, -0.1) is 0 Å². The summed E-state index contributed by atoms with van der Waals surface area (Å²) in [5.74, 6) is -0.647. The fourth-order valence-corrected chi connectivity index (χ4v) is 5.51. The fraction of sp³-hybridized carbons (Fsp3) is 0.944. The first-order valence-corrected chi connectivity index (χ1v) is 17.9. The largest absolute Gasteiger partial charge is 2.00 e. The van der Waals surface area contributed by atoms with E-state index in [0.29, 0.717) is 12.8 Å². The van der Waals surface area contributed by atoms with Crippen LogP contribution in [0.3, 0.4) is 0 Å². The third-order valence-corrected chi connectivity index (χ3v) is 8.20. The van der Waals surface area contributed by atoms with Crippen molar-refractivity contribution < 1.29 is 48.2 Å². The molecule has 41 heavy (non-hydrogen) atoms. The van der Waals surface area contributed by atoms with Crippen molar-refractivity contribution in [3.05, 3.63) is 0 Å². The van der Waals surface area contributed by atoms with Crippen molar-refractivity contribution in [1.29, 1.82) is 0 Å². The third-order valence-electron chi connectivity index (χ3n) is 8.20. The van der Waals surface area contributed by atoms with E-state index in [9.17, 15) is 9.59 Å². The molecular formula is C36H73CaNaO3. The van der Waals surface area contributed by atoms with Crippen LogP contribution in [-0.4, -0.2) is 49.7 Å². The van der Waals surface area contributed by atoms with Crippen molar-refractivity contribution in [2.75, 3.05) is 0 Å². The maximum absolute atomic E-state index is 11.9. The van der Waals surface area contributed by atoms with E-state index >= 15 is 0 Å². The Balaban J connectivity index is -0.000000722. The normalized spacial score (nSPS) is 10.7. The van der Waals surface area contributed by atoms with Gasteiger partial charge in [0.1, 0.15) is 0 Å². The molecule has 0 aromatic heterocycles. The molecule has 5 heteroatoms. The zero-order valence-electron chi connectivity index (χ0n) is 31.6. The number of rotatable bonds is 32. The molecular weight excluding hydrogens is 543 g/mol. The van der Waals surface area contributed by atoms with Crippen LogP contribution in [0.5, 0.6) is 0 Å². The zero-order valence-corrected chi connectivity index (χ0v) is 32.8. The monoisotopic (exact) mass is 617 g/mol. The third kappa shape index (κ3) is 41.4. The Labute approximate surface area is 314 Å². The van der Waals surface area contributed by atoms with E-state index < -0.39 is 0 Å². The minimum Gasteiger partial charge on any atom is -1.00 e. The van der Waals surface area contributed by atoms with Crippen LogP contribution in [0, 0.1) is 0 Å². The van der Waals surface area contributed by atoms with E-state index in [1.165, 1.54) is 167 Å². The molecule has 0 spiro atoms. The van der Waals surface area contributed by atoms with Crippen LogP contribution in [0.4, 0.5) is 0 Å².